The number of rotatable bonds is 11. The van der Waals surface area contributed by atoms with E-state index in [0.29, 0.717) is 23.6 Å². The van der Waals surface area contributed by atoms with Crippen LogP contribution in [-0.2, 0) is 20.9 Å². The minimum atomic E-state index is -0.878. The van der Waals surface area contributed by atoms with E-state index >= 15 is 0 Å². The smallest absolute Gasteiger partial charge is 0.304 e. The molecular formula is C22H37N3O5. The Morgan fingerprint density at radius 2 is 1.97 bits per heavy atom. The number of aliphatic carboxylic acids is 1. The lowest BCUT2D eigenvalue weighted by Crippen LogP contribution is -2.37. The maximum Gasteiger partial charge on any atom is 0.304 e. The molecule has 1 saturated carbocycles. The highest BCUT2D eigenvalue weighted by atomic mass is 16.5. The molecule has 0 bridgehead atoms. The number of carboxylic acids is 1. The number of nitrogens with one attached hydrogen (secondary N) is 1. The Morgan fingerprint density at radius 3 is 2.57 bits per heavy atom. The van der Waals surface area contributed by atoms with Crippen molar-refractivity contribution in [3.05, 3.63) is 11.7 Å². The minimum absolute atomic E-state index is 0.0398. The van der Waals surface area contributed by atoms with Gasteiger partial charge in [0.2, 0.25) is 11.8 Å². The van der Waals surface area contributed by atoms with Crippen LogP contribution in [0.25, 0.3) is 0 Å². The fourth-order valence-electron chi connectivity index (χ4n) is 4.68. The summed E-state index contributed by atoms with van der Waals surface area (Å²) in [5.74, 6) is -0.800. The molecule has 1 aliphatic rings. The second-order valence-corrected chi connectivity index (χ2v) is 9.54. The summed E-state index contributed by atoms with van der Waals surface area (Å²) in [5.41, 5.74) is 0.540. The van der Waals surface area contributed by atoms with Gasteiger partial charge in [0.25, 0.3) is 0 Å². The first-order valence-electron chi connectivity index (χ1n) is 11.0. The average Bonchev–Trinajstić information content (AvgIpc) is 3.14. The molecular weight excluding hydrogens is 386 g/mol. The van der Waals surface area contributed by atoms with E-state index in [2.05, 4.69) is 36.2 Å². The lowest BCUT2D eigenvalue weighted by Gasteiger charge is -2.48. The number of methoxy groups -OCH3 is 1. The van der Waals surface area contributed by atoms with Gasteiger partial charge < -0.3 is 19.7 Å². The van der Waals surface area contributed by atoms with Gasteiger partial charge in [0.15, 0.2) is 5.82 Å². The van der Waals surface area contributed by atoms with Crippen molar-refractivity contribution in [2.45, 2.75) is 91.0 Å². The Morgan fingerprint density at radius 1 is 1.27 bits per heavy atom. The Hall–Kier alpha value is -1.96. The zero-order valence-electron chi connectivity index (χ0n) is 18.8. The summed E-state index contributed by atoms with van der Waals surface area (Å²) in [4.78, 5) is 27.2. The molecule has 1 amide bonds. The van der Waals surface area contributed by atoms with Crippen LogP contribution in [-0.4, -0.2) is 40.8 Å². The summed E-state index contributed by atoms with van der Waals surface area (Å²) in [6.45, 7) is 7.07. The predicted octanol–water partition coefficient (Wildman–Crippen LogP) is 4.06. The van der Waals surface area contributed by atoms with E-state index in [9.17, 15) is 14.7 Å². The molecule has 0 radical (unpaired) electrons. The van der Waals surface area contributed by atoms with Crippen LogP contribution < -0.4 is 5.32 Å². The van der Waals surface area contributed by atoms with Gasteiger partial charge in [0, 0.05) is 13.0 Å². The largest absolute Gasteiger partial charge is 0.481 e. The van der Waals surface area contributed by atoms with Crippen LogP contribution in [0.5, 0.6) is 0 Å². The molecule has 1 fully saturated rings. The molecule has 1 unspecified atom stereocenters. The topological polar surface area (TPSA) is 115 Å². The van der Waals surface area contributed by atoms with Crippen LogP contribution >= 0.6 is 0 Å². The molecule has 8 heteroatoms. The molecule has 30 heavy (non-hydrogen) atoms. The Kier molecular flexibility index (Phi) is 8.82. The standard InChI is InChI=1S/C22H37N3O5/c1-21(2,3)22(10-6-5-7-11-22)12-8-9-16(13-19(27)28)20-24-17(25-30-20)14-23-18(26)15-29-4/h16H,5-15H2,1-4H3,(H,23,26)(H,27,28). The SMILES string of the molecule is COCC(=O)NCc1noc(C(CCCC2(C(C)(C)C)CCCCC2)CC(=O)O)n1. The zero-order valence-corrected chi connectivity index (χ0v) is 18.8. The van der Waals surface area contributed by atoms with Crippen molar-refractivity contribution in [2.75, 3.05) is 13.7 Å². The van der Waals surface area contributed by atoms with Crippen LogP contribution in [0, 0.1) is 10.8 Å². The predicted molar refractivity (Wildman–Crippen MR) is 112 cm³/mol. The maximum atomic E-state index is 11.5. The lowest BCUT2D eigenvalue weighted by atomic mass is 9.57. The van der Waals surface area contributed by atoms with E-state index in [0.717, 1.165) is 12.8 Å². The monoisotopic (exact) mass is 423 g/mol. The van der Waals surface area contributed by atoms with Gasteiger partial charge in [0.1, 0.15) is 6.61 Å². The molecule has 1 aromatic heterocycles. The number of ether oxygens (including phenoxy) is 1. The number of hydrogen-bond acceptors (Lipinski definition) is 6. The summed E-state index contributed by atoms with van der Waals surface area (Å²) in [5, 5.41) is 15.9. The number of carbonyl (C=O) groups is 2. The Labute approximate surface area is 179 Å². The molecule has 0 saturated heterocycles. The summed E-state index contributed by atoms with van der Waals surface area (Å²) < 4.78 is 10.1. The van der Waals surface area contributed by atoms with E-state index < -0.39 is 5.97 Å². The zero-order chi connectivity index (χ0) is 22.2. The van der Waals surface area contributed by atoms with Gasteiger partial charge in [-0.3, -0.25) is 9.59 Å². The van der Waals surface area contributed by atoms with Crippen molar-refractivity contribution >= 4 is 11.9 Å². The third-order valence-electron chi connectivity index (χ3n) is 6.58. The second kappa shape index (κ2) is 10.9. The van der Waals surface area contributed by atoms with E-state index in [-0.39, 0.29) is 36.8 Å². The number of nitrogens with zero attached hydrogens (tertiary/aromatic N) is 2. The van der Waals surface area contributed by atoms with Gasteiger partial charge in [-0.2, -0.15) is 4.98 Å². The number of carbonyl (C=O) groups excluding carboxylic acids is 1. The van der Waals surface area contributed by atoms with E-state index in [4.69, 9.17) is 9.26 Å². The first kappa shape index (κ1) is 24.3. The number of carboxylic acid groups (broad SMARTS) is 1. The minimum Gasteiger partial charge on any atom is -0.481 e. The fourth-order valence-corrected chi connectivity index (χ4v) is 4.68. The highest BCUT2D eigenvalue weighted by Gasteiger charge is 2.41. The molecule has 0 aliphatic heterocycles. The van der Waals surface area contributed by atoms with Gasteiger partial charge in [-0.15, -0.1) is 0 Å². The molecule has 1 heterocycles. The quantitative estimate of drug-likeness (QED) is 0.551. The van der Waals surface area contributed by atoms with Crippen molar-refractivity contribution in [1.82, 2.24) is 15.5 Å². The van der Waals surface area contributed by atoms with Crippen LogP contribution in [0.2, 0.25) is 0 Å². The molecule has 1 aromatic rings. The highest BCUT2D eigenvalue weighted by Crippen LogP contribution is 2.53. The third-order valence-corrected chi connectivity index (χ3v) is 6.58. The van der Waals surface area contributed by atoms with Crippen molar-refractivity contribution in [3.63, 3.8) is 0 Å². The molecule has 2 rings (SSSR count). The molecule has 8 nitrogen and oxygen atoms in total. The summed E-state index contributed by atoms with van der Waals surface area (Å²) in [7, 11) is 1.44. The van der Waals surface area contributed by atoms with E-state index in [1.54, 1.807) is 0 Å². The molecule has 0 spiro atoms. The molecule has 170 valence electrons. The Bertz CT molecular complexity index is 689. The van der Waals surface area contributed by atoms with E-state index in [1.165, 1.54) is 39.2 Å². The number of hydrogen-bond donors (Lipinski definition) is 2. The van der Waals surface area contributed by atoms with Gasteiger partial charge in [0.05, 0.1) is 13.0 Å². The van der Waals surface area contributed by atoms with Gasteiger partial charge in [-0.1, -0.05) is 51.6 Å². The lowest BCUT2D eigenvalue weighted by molar-refractivity contribution is -0.137. The van der Waals surface area contributed by atoms with E-state index in [1.807, 2.05) is 0 Å². The van der Waals surface area contributed by atoms with Crippen LogP contribution in [0.1, 0.15) is 96.2 Å². The first-order chi connectivity index (χ1) is 14.2. The summed E-state index contributed by atoms with van der Waals surface area (Å²) in [6.07, 6.45) is 9.01. The first-order valence-corrected chi connectivity index (χ1v) is 11.0. The second-order valence-electron chi connectivity index (χ2n) is 9.54. The number of aromatic nitrogens is 2. The molecule has 1 atom stereocenters. The summed E-state index contributed by atoms with van der Waals surface area (Å²) in [6, 6.07) is 0. The van der Waals surface area contributed by atoms with Crippen LogP contribution in [0.3, 0.4) is 0 Å². The van der Waals surface area contributed by atoms with Crippen LogP contribution in [0.4, 0.5) is 0 Å². The Balaban J connectivity index is 1.99. The third kappa shape index (κ3) is 6.79. The van der Waals surface area contributed by atoms with Gasteiger partial charge in [-0.25, -0.2) is 0 Å². The van der Waals surface area contributed by atoms with Crippen molar-refractivity contribution in [3.8, 4) is 0 Å². The normalized spacial score (nSPS) is 17.5. The van der Waals surface area contributed by atoms with Crippen molar-refractivity contribution in [2.24, 2.45) is 10.8 Å². The molecule has 0 aromatic carbocycles. The molecule has 1 aliphatic carbocycles. The van der Waals surface area contributed by atoms with Crippen molar-refractivity contribution in [1.29, 1.82) is 0 Å². The average molecular weight is 424 g/mol. The van der Waals surface area contributed by atoms with Crippen LogP contribution in [0.15, 0.2) is 4.52 Å². The highest BCUT2D eigenvalue weighted by molar-refractivity contribution is 5.77. The van der Waals surface area contributed by atoms with Crippen molar-refractivity contribution < 1.29 is 24.0 Å². The maximum absolute atomic E-state index is 11.5. The van der Waals surface area contributed by atoms with Gasteiger partial charge >= 0.3 is 5.97 Å². The number of amides is 1. The summed E-state index contributed by atoms with van der Waals surface area (Å²) >= 11 is 0. The fraction of sp³-hybridized carbons (Fsp3) is 0.818. The van der Waals surface area contributed by atoms with Gasteiger partial charge in [-0.05, 0) is 36.5 Å². The molecule has 2 N–H and O–H groups in total.